The molecule has 1 atom stereocenters. The van der Waals surface area contributed by atoms with Gasteiger partial charge in [0.15, 0.2) is 0 Å². The molecule has 0 radical (unpaired) electrons. The standard InChI is InChI=1S/C15H14Br2IN/c1-19-15(8-10-2-4-11(16)5-3-10)13-9-12(17)6-7-14(13)18/h2-7,9,15,19H,8H2,1H3. The van der Waals surface area contributed by atoms with Gasteiger partial charge in [-0.1, -0.05) is 44.0 Å². The summed E-state index contributed by atoms with van der Waals surface area (Å²) in [4.78, 5) is 0. The maximum atomic E-state index is 3.55. The number of rotatable bonds is 4. The molecular formula is C15H14Br2IN. The lowest BCUT2D eigenvalue weighted by atomic mass is 9.99. The topological polar surface area (TPSA) is 12.0 Å². The summed E-state index contributed by atoms with van der Waals surface area (Å²) in [7, 11) is 2.01. The van der Waals surface area contributed by atoms with Gasteiger partial charge in [0.05, 0.1) is 0 Å². The highest BCUT2D eigenvalue weighted by molar-refractivity contribution is 14.1. The van der Waals surface area contributed by atoms with Crippen LogP contribution in [0.5, 0.6) is 0 Å². The summed E-state index contributed by atoms with van der Waals surface area (Å²) >= 11 is 9.42. The molecule has 4 heteroatoms. The van der Waals surface area contributed by atoms with Gasteiger partial charge in [0.2, 0.25) is 0 Å². The number of halogens is 3. The number of hydrogen-bond acceptors (Lipinski definition) is 1. The molecule has 0 saturated heterocycles. The highest BCUT2D eigenvalue weighted by Gasteiger charge is 2.13. The summed E-state index contributed by atoms with van der Waals surface area (Å²) in [5.41, 5.74) is 2.67. The molecule has 1 nitrogen and oxygen atoms in total. The van der Waals surface area contributed by atoms with Gasteiger partial charge >= 0.3 is 0 Å². The van der Waals surface area contributed by atoms with E-state index in [4.69, 9.17) is 0 Å². The van der Waals surface area contributed by atoms with E-state index in [1.165, 1.54) is 14.7 Å². The van der Waals surface area contributed by atoms with Gasteiger partial charge in [-0.3, -0.25) is 0 Å². The second kappa shape index (κ2) is 7.20. The Labute approximate surface area is 144 Å². The van der Waals surface area contributed by atoms with E-state index in [0.717, 1.165) is 15.4 Å². The molecule has 0 aromatic heterocycles. The van der Waals surface area contributed by atoms with Gasteiger partial charge in [0, 0.05) is 18.6 Å². The van der Waals surface area contributed by atoms with E-state index in [1.54, 1.807) is 0 Å². The van der Waals surface area contributed by atoms with Crippen molar-refractivity contribution in [3.8, 4) is 0 Å². The van der Waals surface area contributed by atoms with Crippen LogP contribution in [0.3, 0.4) is 0 Å². The first-order valence-electron chi connectivity index (χ1n) is 5.97. The zero-order valence-electron chi connectivity index (χ0n) is 10.5. The van der Waals surface area contributed by atoms with Crippen LogP contribution in [0, 0.1) is 3.57 Å². The Morgan fingerprint density at radius 3 is 2.32 bits per heavy atom. The normalized spacial score (nSPS) is 12.4. The molecule has 0 bridgehead atoms. The molecule has 19 heavy (non-hydrogen) atoms. The Morgan fingerprint density at radius 1 is 1.05 bits per heavy atom. The fourth-order valence-electron chi connectivity index (χ4n) is 2.01. The van der Waals surface area contributed by atoms with E-state index in [1.807, 2.05) is 7.05 Å². The van der Waals surface area contributed by atoms with Gasteiger partial charge < -0.3 is 5.32 Å². The van der Waals surface area contributed by atoms with Gasteiger partial charge in [-0.2, -0.15) is 0 Å². The van der Waals surface area contributed by atoms with Crippen LogP contribution in [0.4, 0.5) is 0 Å². The van der Waals surface area contributed by atoms with Gasteiger partial charge in [0.1, 0.15) is 0 Å². The highest BCUT2D eigenvalue weighted by atomic mass is 127. The van der Waals surface area contributed by atoms with Crippen molar-refractivity contribution in [2.24, 2.45) is 0 Å². The minimum Gasteiger partial charge on any atom is -0.313 e. The van der Waals surface area contributed by atoms with Gasteiger partial charge in [0.25, 0.3) is 0 Å². The molecule has 0 saturated carbocycles. The number of likely N-dealkylation sites (N-methyl/N-ethyl adjacent to an activating group) is 1. The van der Waals surface area contributed by atoms with Crippen molar-refractivity contribution in [2.45, 2.75) is 12.5 Å². The van der Waals surface area contributed by atoms with Crippen LogP contribution in [0.2, 0.25) is 0 Å². The monoisotopic (exact) mass is 493 g/mol. The molecular weight excluding hydrogens is 481 g/mol. The summed E-state index contributed by atoms with van der Waals surface area (Å²) in [6.07, 6.45) is 0.982. The first kappa shape index (κ1) is 15.5. The van der Waals surface area contributed by atoms with Gasteiger partial charge in [-0.05, 0) is 77.5 Å². The smallest absolute Gasteiger partial charge is 0.0369 e. The lowest BCUT2D eigenvalue weighted by molar-refractivity contribution is 0.589. The van der Waals surface area contributed by atoms with Crippen LogP contribution in [0.15, 0.2) is 51.4 Å². The van der Waals surface area contributed by atoms with Crippen LogP contribution in [-0.4, -0.2) is 7.05 Å². The number of nitrogens with one attached hydrogen (secondary N) is 1. The molecule has 0 fully saturated rings. The molecule has 0 amide bonds. The Bertz CT molecular complexity index is 555. The third-order valence-corrected chi connectivity index (χ3v) is 5.04. The number of benzene rings is 2. The van der Waals surface area contributed by atoms with E-state index in [-0.39, 0.29) is 0 Å². The van der Waals surface area contributed by atoms with Crippen LogP contribution >= 0.6 is 54.5 Å². The second-order valence-corrected chi connectivity index (χ2v) is 7.33. The highest BCUT2D eigenvalue weighted by Crippen LogP contribution is 2.26. The van der Waals surface area contributed by atoms with Crippen molar-refractivity contribution in [1.82, 2.24) is 5.32 Å². The minimum absolute atomic E-state index is 0.325. The van der Waals surface area contributed by atoms with Crippen molar-refractivity contribution >= 4 is 54.5 Å². The van der Waals surface area contributed by atoms with Crippen LogP contribution in [0.1, 0.15) is 17.2 Å². The molecule has 0 aliphatic rings. The lowest BCUT2D eigenvalue weighted by Gasteiger charge is -2.19. The molecule has 1 N–H and O–H groups in total. The fourth-order valence-corrected chi connectivity index (χ4v) is 3.36. The summed E-state index contributed by atoms with van der Waals surface area (Å²) in [5.74, 6) is 0. The van der Waals surface area contributed by atoms with Crippen molar-refractivity contribution < 1.29 is 0 Å². The van der Waals surface area contributed by atoms with Crippen LogP contribution < -0.4 is 5.32 Å². The Morgan fingerprint density at radius 2 is 1.68 bits per heavy atom. The molecule has 2 aromatic rings. The first-order valence-corrected chi connectivity index (χ1v) is 8.63. The SMILES string of the molecule is CNC(Cc1ccc(Br)cc1)c1cc(Br)ccc1I. The maximum Gasteiger partial charge on any atom is 0.0369 e. The Kier molecular flexibility index (Phi) is 5.87. The van der Waals surface area contributed by atoms with Gasteiger partial charge in [-0.25, -0.2) is 0 Å². The summed E-state index contributed by atoms with van der Waals surface area (Å²) in [6, 6.07) is 15.3. The van der Waals surface area contributed by atoms with E-state index >= 15 is 0 Å². The summed E-state index contributed by atoms with van der Waals surface area (Å²) in [6.45, 7) is 0. The molecule has 0 aliphatic carbocycles. The molecule has 0 heterocycles. The third kappa shape index (κ3) is 4.28. The van der Waals surface area contributed by atoms with Crippen molar-refractivity contribution in [2.75, 3.05) is 7.05 Å². The Hall–Kier alpha value is 0.0900. The zero-order chi connectivity index (χ0) is 13.8. The molecule has 0 spiro atoms. The summed E-state index contributed by atoms with van der Waals surface area (Å²) in [5, 5.41) is 3.41. The largest absolute Gasteiger partial charge is 0.313 e. The molecule has 1 unspecified atom stereocenters. The molecule has 100 valence electrons. The predicted octanol–water partition coefficient (Wildman–Crippen LogP) is 5.32. The first-order chi connectivity index (χ1) is 9.10. The van der Waals surface area contributed by atoms with E-state index in [0.29, 0.717) is 6.04 Å². The summed E-state index contributed by atoms with van der Waals surface area (Å²) < 4.78 is 3.53. The van der Waals surface area contributed by atoms with E-state index in [9.17, 15) is 0 Å². The average Bonchev–Trinajstić information content (AvgIpc) is 2.41. The molecule has 0 aliphatic heterocycles. The zero-order valence-corrected chi connectivity index (χ0v) is 15.8. The second-order valence-electron chi connectivity index (χ2n) is 4.34. The number of hydrogen-bond donors (Lipinski definition) is 1. The lowest BCUT2D eigenvalue weighted by Crippen LogP contribution is -2.19. The predicted molar refractivity (Wildman–Crippen MR) is 96.5 cm³/mol. The van der Waals surface area contributed by atoms with Crippen LogP contribution in [0.25, 0.3) is 0 Å². The fraction of sp³-hybridized carbons (Fsp3) is 0.200. The van der Waals surface area contributed by atoms with E-state index < -0.39 is 0 Å². The van der Waals surface area contributed by atoms with Crippen molar-refractivity contribution in [3.63, 3.8) is 0 Å². The van der Waals surface area contributed by atoms with Crippen molar-refractivity contribution in [3.05, 3.63) is 66.1 Å². The average molecular weight is 495 g/mol. The van der Waals surface area contributed by atoms with Crippen molar-refractivity contribution in [1.29, 1.82) is 0 Å². The third-order valence-electron chi connectivity index (χ3n) is 3.04. The maximum absolute atomic E-state index is 3.55. The van der Waals surface area contributed by atoms with E-state index in [2.05, 4.69) is 102 Å². The minimum atomic E-state index is 0.325. The Balaban J connectivity index is 2.24. The van der Waals surface area contributed by atoms with Crippen LogP contribution in [-0.2, 0) is 6.42 Å². The molecule has 2 aromatic carbocycles. The van der Waals surface area contributed by atoms with Gasteiger partial charge in [-0.15, -0.1) is 0 Å². The molecule has 2 rings (SSSR count). The quantitative estimate of drug-likeness (QED) is 0.567.